The summed E-state index contributed by atoms with van der Waals surface area (Å²) in [6.45, 7) is 4.13. The van der Waals surface area contributed by atoms with Crippen LogP contribution in [0, 0.1) is 0 Å². The number of fused-ring (bicyclic) bond motifs is 1. The SMILES string of the molecule is CC1=CN(c2ccc3ccc(Br)cc3c2Br)OC1C. The minimum absolute atomic E-state index is 0.130. The van der Waals surface area contributed by atoms with Crippen LogP contribution < -0.4 is 5.06 Å². The highest BCUT2D eigenvalue weighted by molar-refractivity contribution is 9.11. The molecule has 0 aromatic heterocycles. The lowest BCUT2D eigenvalue weighted by Crippen LogP contribution is -2.15. The van der Waals surface area contributed by atoms with Gasteiger partial charge >= 0.3 is 0 Å². The summed E-state index contributed by atoms with van der Waals surface area (Å²) in [5.41, 5.74) is 2.25. The molecule has 1 atom stereocenters. The van der Waals surface area contributed by atoms with Gasteiger partial charge in [0.1, 0.15) is 6.10 Å². The van der Waals surface area contributed by atoms with E-state index in [1.807, 2.05) is 17.3 Å². The topological polar surface area (TPSA) is 12.5 Å². The molecular weight excluding hydrogens is 370 g/mol. The number of anilines is 1. The quantitative estimate of drug-likeness (QED) is 0.653. The second kappa shape index (κ2) is 4.93. The molecule has 0 radical (unpaired) electrons. The van der Waals surface area contributed by atoms with Crippen molar-refractivity contribution in [2.75, 3.05) is 5.06 Å². The number of nitrogens with zero attached hydrogens (tertiary/aromatic N) is 1. The molecule has 2 nitrogen and oxygen atoms in total. The van der Waals surface area contributed by atoms with E-state index in [4.69, 9.17) is 4.84 Å². The lowest BCUT2D eigenvalue weighted by Gasteiger charge is -2.19. The maximum absolute atomic E-state index is 5.82. The average Bonchev–Trinajstić information content (AvgIpc) is 2.70. The first-order chi connectivity index (χ1) is 9.06. The fraction of sp³-hybridized carbons (Fsp3) is 0.200. The highest BCUT2D eigenvalue weighted by Crippen LogP contribution is 2.37. The zero-order valence-electron chi connectivity index (χ0n) is 10.7. The zero-order chi connectivity index (χ0) is 13.6. The highest BCUT2D eigenvalue weighted by Gasteiger charge is 2.21. The van der Waals surface area contributed by atoms with E-state index < -0.39 is 0 Å². The van der Waals surface area contributed by atoms with Gasteiger partial charge in [0, 0.05) is 10.7 Å². The number of benzene rings is 2. The minimum Gasteiger partial charge on any atom is -0.262 e. The number of rotatable bonds is 1. The number of hydrogen-bond acceptors (Lipinski definition) is 2. The van der Waals surface area contributed by atoms with Crippen LogP contribution in [0.15, 0.2) is 51.1 Å². The normalized spacial score (nSPS) is 19.1. The molecule has 1 unspecified atom stereocenters. The van der Waals surface area contributed by atoms with Crippen molar-refractivity contribution in [2.24, 2.45) is 0 Å². The van der Waals surface area contributed by atoms with Crippen LogP contribution in [0.25, 0.3) is 10.8 Å². The van der Waals surface area contributed by atoms with Crippen molar-refractivity contribution in [1.29, 1.82) is 0 Å². The predicted molar refractivity (Wildman–Crippen MR) is 86.1 cm³/mol. The van der Waals surface area contributed by atoms with E-state index in [9.17, 15) is 0 Å². The van der Waals surface area contributed by atoms with Crippen molar-refractivity contribution in [3.05, 3.63) is 51.1 Å². The third-order valence-electron chi connectivity index (χ3n) is 3.37. The molecule has 98 valence electrons. The summed E-state index contributed by atoms with van der Waals surface area (Å²) in [5, 5.41) is 4.21. The van der Waals surface area contributed by atoms with Crippen LogP contribution in [-0.2, 0) is 4.84 Å². The third-order valence-corrected chi connectivity index (χ3v) is 4.70. The first-order valence-corrected chi connectivity index (χ1v) is 7.67. The molecule has 0 aliphatic carbocycles. The van der Waals surface area contributed by atoms with Crippen molar-refractivity contribution in [3.63, 3.8) is 0 Å². The molecule has 0 fully saturated rings. The maximum Gasteiger partial charge on any atom is 0.106 e. The van der Waals surface area contributed by atoms with Gasteiger partial charge in [-0.3, -0.25) is 4.84 Å². The van der Waals surface area contributed by atoms with Crippen molar-refractivity contribution in [1.82, 2.24) is 0 Å². The average molecular weight is 383 g/mol. The lowest BCUT2D eigenvalue weighted by molar-refractivity contribution is 0.109. The molecule has 1 aliphatic rings. The second-order valence-corrected chi connectivity index (χ2v) is 6.42. The molecule has 0 saturated heterocycles. The van der Waals surface area contributed by atoms with Gasteiger partial charge in [0.15, 0.2) is 0 Å². The van der Waals surface area contributed by atoms with Gasteiger partial charge in [0.25, 0.3) is 0 Å². The van der Waals surface area contributed by atoms with Gasteiger partial charge in [-0.1, -0.05) is 28.1 Å². The van der Waals surface area contributed by atoms with Crippen LogP contribution in [-0.4, -0.2) is 6.10 Å². The van der Waals surface area contributed by atoms with Crippen LogP contribution in [0.5, 0.6) is 0 Å². The maximum atomic E-state index is 5.82. The van der Waals surface area contributed by atoms with E-state index in [2.05, 4.69) is 70.0 Å². The standard InChI is InChI=1S/C15H13Br2NO/c1-9-8-18(19-10(9)2)14-6-4-11-3-5-12(16)7-13(11)15(14)17/h3-8,10H,1-2H3. The van der Waals surface area contributed by atoms with Gasteiger partial charge in [0.2, 0.25) is 0 Å². The molecule has 0 amide bonds. The summed E-state index contributed by atoms with van der Waals surface area (Å²) < 4.78 is 2.12. The summed E-state index contributed by atoms with van der Waals surface area (Å²) in [6.07, 6.45) is 2.17. The first kappa shape index (κ1) is 13.2. The summed E-state index contributed by atoms with van der Waals surface area (Å²) in [5.74, 6) is 0. The van der Waals surface area contributed by atoms with E-state index in [1.165, 1.54) is 16.3 Å². The molecule has 19 heavy (non-hydrogen) atoms. The molecule has 0 spiro atoms. The van der Waals surface area contributed by atoms with Gasteiger partial charge < -0.3 is 0 Å². The largest absolute Gasteiger partial charge is 0.262 e. The van der Waals surface area contributed by atoms with E-state index in [-0.39, 0.29) is 6.10 Å². The molecule has 2 aromatic rings. The molecule has 0 saturated carbocycles. The Bertz CT molecular complexity index is 681. The highest BCUT2D eigenvalue weighted by atomic mass is 79.9. The fourth-order valence-electron chi connectivity index (χ4n) is 2.11. The summed E-state index contributed by atoms with van der Waals surface area (Å²) in [6, 6.07) is 10.4. The molecule has 2 aromatic carbocycles. The smallest absolute Gasteiger partial charge is 0.106 e. The summed E-state index contributed by atoms with van der Waals surface area (Å²) in [7, 11) is 0. The Kier molecular flexibility index (Phi) is 3.41. The first-order valence-electron chi connectivity index (χ1n) is 6.08. The van der Waals surface area contributed by atoms with Gasteiger partial charge in [-0.2, -0.15) is 0 Å². The Morgan fingerprint density at radius 3 is 2.58 bits per heavy atom. The zero-order valence-corrected chi connectivity index (χ0v) is 13.8. The Hall–Kier alpha value is -0.840. The fourth-order valence-corrected chi connectivity index (χ4v) is 3.13. The van der Waals surface area contributed by atoms with Crippen molar-refractivity contribution in [3.8, 4) is 0 Å². The number of hydroxylamine groups is 1. The molecule has 0 N–H and O–H groups in total. The Morgan fingerprint density at radius 1 is 1.16 bits per heavy atom. The van der Waals surface area contributed by atoms with Gasteiger partial charge in [-0.15, -0.1) is 0 Å². The molecule has 1 heterocycles. The van der Waals surface area contributed by atoms with E-state index in [1.54, 1.807) is 0 Å². The predicted octanol–water partition coefficient (Wildman–Crippen LogP) is 5.41. The number of hydrogen-bond donors (Lipinski definition) is 0. The lowest BCUT2D eigenvalue weighted by atomic mass is 10.1. The molecule has 4 heteroatoms. The van der Waals surface area contributed by atoms with E-state index in [0.29, 0.717) is 0 Å². The van der Waals surface area contributed by atoms with Gasteiger partial charge in [-0.05, 0) is 64.3 Å². The van der Waals surface area contributed by atoms with Gasteiger partial charge in [-0.25, -0.2) is 5.06 Å². The summed E-state index contributed by atoms with van der Waals surface area (Å²) in [4.78, 5) is 5.82. The van der Waals surface area contributed by atoms with Crippen LogP contribution in [0.1, 0.15) is 13.8 Å². The van der Waals surface area contributed by atoms with Crippen molar-refractivity contribution >= 4 is 48.3 Å². The summed E-state index contributed by atoms with van der Waals surface area (Å²) >= 11 is 7.21. The van der Waals surface area contributed by atoms with Gasteiger partial charge in [0.05, 0.1) is 10.2 Å². The van der Waals surface area contributed by atoms with E-state index in [0.717, 1.165) is 14.6 Å². The van der Waals surface area contributed by atoms with Crippen LogP contribution >= 0.6 is 31.9 Å². The van der Waals surface area contributed by atoms with E-state index >= 15 is 0 Å². The molecule has 3 rings (SSSR count). The van der Waals surface area contributed by atoms with Crippen molar-refractivity contribution < 1.29 is 4.84 Å². The monoisotopic (exact) mass is 381 g/mol. The second-order valence-electron chi connectivity index (χ2n) is 4.71. The molecular formula is C15H13Br2NO. The van der Waals surface area contributed by atoms with Crippen LogP contribution in [0.4, 0.5) is 5.69 Å². The van der Waals surface area contributed by atoms with Crippen LogP contribution in [0.2, 0.25) is 0 Å². The van der Waals surface area contributed by atoms with Crippen molar-refractivity contribution in [2.45, 2.75) is 20.0 Å². The third kappa shape index (κ3) is 2.33. The molecule has 0 bridgehead atoms. The van der Waals surface area contributed by atoms with Crippen LogP contribution in [0.3, 0.4) is 0 Å². The minimum atomic E-state index is 0.130. The number of halogens is 2. The molecule has 1 aliphatic heterocycles. The Balaban J connectivity index is 2.13. The Labute approximate surface area is 129 Å². The Morgan fingerprint density at radius 2 is 1.89 bits per heavy atom.